The van der Waals surface area contributed by atoms with Gasteiger partial charge in [-0.1, -0.05) is 6.92 Å². The molecule has 0 bridgehead atoms. The van der Waals surface area contributed by atoms with Crippen LogP contribution in [-0.2, 0) is 0 Å². The lowest BCUT2D eigenvalue weighted by atomic mass is 9.91. The zero-order valence-electron chi connectivity index (χ0n) is 11.1. The van der Waals surface area contributed by atoms with E-state index in [1.165, 1.54) is 38.9 Å². The van der Waals surface area contributed by atoms with Crippen molar-refractivity contribution in [3.8, 4) is 0 Å². The average molecular weight is 228 g/mol. The molecule has 2 N–H and O–H groups in total. The maximum Gasteiger partial charge on any atom is 0.0582 e. The first-order valence-electron chi connectivity index (χ1n) is 6.76. The van der Waals surface area contributed by atoms with Crippen LogP contribution in [0.3, 0.4) is 0 Å². The van der Waals surface area contributed by atoms with Gasteiger partial charge in [0.15, 0.2) is 0 Å². The van der Waals surface area contributed by atoms with Crippen molar-refractivity contribution in [2.45, 2.75) is 52.1 Å². The van der Waals surface area contributed by atoms with Gasteiger partial charge in [-0.25, -0.2) is 0 Å². The second kappa shape index (κ2) is 7.25. The molecule has 0 saturated carbocycles. The molecular weight excluding hydrogens is 200 g/mol. The van der Waals surface area contributed by atoms with Crippen LogP contribution < -0.4 is 5.32 Å². The molecule has 0 radical (unpaired) electrons. The number of aliphatic hydroxyl groups excluding tert-OH is 1. The zero-order chi connectivity index (χ0) is 12.0. The summed E-state index contributed by atoms with van der Waals surface area (Å²) < 4.78 is 0. The highest BCUT2D eigenvalue weighted by atomic mass is 16.3. The minimum absolute atomic E-state index is 0.219. The van der Waals surface area contributed by atoms with E-state index in [9.17, 15) is 0 Å². The maximum atomic E-state index is 9.05. The Kier molecular flexibility index (Phi) is 6.32. The predicted molar refractivity (Wildman–Crippen MR) is 68.6 cm³/mol. The van der Waals surface area contributed by atoms with E-state index in [0.717, 1.165) is 5.92 Å². The standard InChI is InChI=1S/C13H28N2O/c1-4-7-15-8-5-6-13(9-15)12(3)14-11(2)10-16/h11-14,16H,4-10H2,1-3H3/t11-,12?,13?/m1/s1. The van der Waals surface area contributed by atoms with Crippen LogP contribution in [0.4, 0.5) is 0 Å². The van der Waals surface area contributed by atoms with Crippen LogP contribution in [0.25, 0.3) is 0 Å². The number of hydrogen-bond donors (Lipinski definition) is 2. The lowest BCUT2D eigenvalue weighted by molar-refractivity contribution is 0.140. The molecule has 1 rings (SSSR count). The number of rotatable bonds is 6. The first-order valence-corrected chi connectivity index (χ1v) is 6.76. The molecule has 3 nitrogen and oxygen atoms in total. The Hall–Kier alpha value is -0.120. The highest BCUT2D eigenvalue weighted by molar-refractivity contribution is 4.81. The summed E-state index contributed by atoms with van der Waals surface area (Å²) in [5.74, 6) is 0.745. The minimum atomic E-state index is 0.219. The van der Waals surface area contributed by atoms with Crippen molar-refractivity contribution in [3.63, 3.8) is 0 Å². The normalized spacial score (nSPS) is 26.6. The fourth-order valence-corrected chi connectivity index (χ4v) is 2.66. The molecule has 0 spiro atoms. The van der Waals surface area contributed by atoms with Gasteiger partial charge in [-0.3, -0.25) is 0 Å². The quantitative estimate of drug-likeness (QED) is 0.722. The van der Waals surface area contributed by atoms with E-state index in [2.05, 4.69) is 24.1 Å². The van der Waals surface area contributed by atoms with Crippen molar-refractivity contribution in [2.24, 2.45) is 5.92 Å². The van der Waals surface area contributed by atoms with Crippen LogP contribution in [0, 0.1) is 5.92 Å². The third-order valence-electron chi connectivity index (χ3n) is 3.61. The molecule has 3 atom stereocenters. The molecule has 1 aliphatic heterocycles. The highest BCUT2D eigenvalue weighted by Gasteiger charge is 2.24. The Morgan fingerprint density at radius 2 is 2.19 bits per heavy atom. The molecule has 1 fully saturated rings. The first kappa shape index (κ1) is 13.9. The number of nitrogens with zero attached hydrogens (tertiary/aromatic N) is 1. The number of hydrogen-bond acceptors (Lipinski definition) is 3. The van der Waals surface area contributed by atoms with E-state index >= 15 is 0 Å². The Balaban J connectivity index is 2.34. The summed E-state index contributed by atoms with van der Waals surface area (Å²) in [5, 5.41) is 12.5. The predicted octanol–water partition coefficient (Wildman–Crippen LogP) is 1.47. The molecule has 96 valence electrons. The zero-order valence-corrected chi connectivity index (χ0v) is 11.1. The van der Waals surface area contributed by atoms with Gasteiger partial charge >= 0.3 is 0 Å². The second-order valence-electron chi connectivity index (χ2n) is 5.24. The molecule has 0 aliphatic carbocycles. The van der Waals surface area contributed by atoms with Crippen molar-refractivity contribution < 1.29 is 5.11 Å². The van der Waals surface area contributed by atoms with E-state index in [-0.39, 0.29) is 12.6 Å². The van der Waals surface area contributed by atoms with Crippen molar-refractivity contribution in [1.82, 2.24) is 10.2 Å². The van der Waals surface area contributed by atoms with Gasteiger partial charge in [0.05, 0.1) is 6.61 Å². The largest absolute Gasteiger partial charge is 0.395 e. The van der Waals surface area contributed by atoms with Crippen molar-refractivity contribution in [2.75, 3.05) is 26.2 Å². The van der Waals surface area contributed by atoms with Gasteiger partial charge in [-0.2, -0.15) is 0 Å². The number of aliphatic hydroxyl groups is 1. The van der Waals surface area contributed by atoms with E-state index < -0.39 is 0 Å². The van der Waals surface area contributed by atoms with Crippen LogP contribution in [0.1, 0.15) is 40.0 Å². The van der Waals surface area contributed by atoms with Crippen LogP contribution in [0.5, 0.6) is 0 Å². The number of piperidine rings is 1. The van der Waals surface area contributed by atoms with Gasteiger partial charge in [0.25, 0.3) is 0 Å². The Morgan fingerprint density at radius 1 is 1.44 bits per heavy atom. The average Bonchev–Trinajstić information content (AvgIpc) is 2.29. The minimum Gasteiger partial charge on any atom is -0.395 e. The van der Waals surface area contributed by atoms with Crippen molar-refractivity contribution in [1.29, 1.82) is 0 Å². The van der Waals surface area contributed by atoms with Gasteiger partial charge in [0, 0.05) is 18.6 Å². The monoisotopic (exact) mass is 228 g/mol. The lowest BCUT2D eigenvalue weighted by Crippen LogP contribution is -2.47. The Bertz CT molecular complexity index is 185. The fourth-order valence-electron chi connectivity index (χ4n) is 2.66. The summed E-state index contributed by atoms with van der Waals surface area (Å²) in [4.78, 5) is 2.58. The van der Waals surface area contributed by atoms with Crippen LogP contribution >= 0.6 is 0 Å². The summed E-state index contributed by atoms with van der Waals surface area (Å²) in [7, 11) is 0. The topological polar surface area (TPSA) is 35.5 Å². The SMILES string of the molecule is CCCN1CCCC(C(C)N[C@H](C)CO)C1. The Labute approximate surface area is 100 Å². The van der Waals surface area contributed by atoms with Gasteiger partial charge in [0.1, 0.15) is 0 Å². The van der Waals surface area contributed by atoms with E-state index in [0.29, 0.717) is 6.04 Å². The second-order valence-corrected chi connectivity index (χ2v) is 5.24. The van der Waals surface area contributed by atoms with Gasteiger partial charge in [0.2, 0.25) is 0 Å². The molecule has 1 aliphatic rings. The van der Waals surface area contributed by atoms with Crippen molar-refractivity contribution in [3.05, 3.63) is 0 Å². The number of likely N-dealkylation sites (tertiary alicyclic amines) is 1. The van der Waals surface area contributed by atoms with Gasteiger partial charge < -0.3 is 15.3 Å². The third-order valence-corrected chi connectivity index (χ3v) is 3.61. The Morgan fingerprint density at radius 3 is 2.81 bits per heavy atom. The van der Waals surface area contributed by atoms with Gasteiger partial charge in [-0.05, 0) is 52.1 Å². The summed E-state index contributed by atoms with van der Waals surface area (Å²) in [6, 6.07) is 0.735. The van der Waals surface area contributed by atoms with E-state index in [1.54, 1.807) is 0 Å². The van der Waals surface area contributed by atoms with Crippen LogP contribution in [-0.4, -0.2) is 48.3 Å². The molecule has 3 heteroatoms. The third kappa shape index (κ3) is 4.40. The van der Waals surface area contributed by atoms with Crippen molar-refractivity contribution >= 4 is 0 Å². The van der Waals surface area contributed by atoms with E-state index in [4.69, 9.17) is 5.11 Å². The molecule has 1 heterocycles. The van der Waals surface area contributed by atoms with Crippen LogP contribution in [0.15, 0.2) is 0 Å². The molecule has 0 aromatic rings. The molecule has 16 heavy (non-hydrogen) atoms. The van der Waals surface area contributed by atoms with Gasteiger partial charge in [-0.15, -0.1) is 0 Å². The summed E-state index contributed by atoms with van der Waals surface area (Å²) >= 11 is 0. The first-order chi connectivity index (χ1) is 7.67. The molecular formula is C13H28N2O. The smallest absolute Gasteiger partial charge is 0.0582 e. The number of nitrogens with one attached hydrogen (secondary N) is 1. The molecule has 2 unspecified atom stereocenters. The molecule has 0 aromatic carbocycles. The van der Waals surface area contributed by atoms with Crippen LogP contribution in [0.2, 0.25) is 0 Å². The summed E-state index contributed by atoms with van der Waals surface area (Å²) in [6.07, 6.45) is 3.90. The van der Waals surface area contributed by atoms with E-state index in [1.807, 2.05) is 6.92 Å². The summed E-state index contributed by atoms with van der Waals surface area (Å²) in [6.45, 7) is 10.5. The molecule has 0 aromatic heterocycles. The molecule has 1 saturated heterocycles. The lowest BCUT2D eigenvalue weighted by Gasteiger charge is -2.36. The molecule has 0 amide bonds. The summed E-state index contributed by atoms with van der Waals surface area (Å²) in [5.41, 5.74) is 0. The highest BCUT2D eigenvalue weighted by Crippen LogP contribution is 2.20. The maximum absolute atomic E-state index is 9.05. The fraction of sp³-hybridized carbons (Fsp3) is 1.00.